The molecule has 0 amide bonds. The molecule has 0 aliphatic carbocycles. The van der Waals surface area contributed by atoms with Crippen molar-refractivity contribution in [2.45, 2.75) is 6.29 Å². The highest BCUT2D eigenvalue weighted by atomic mass is 16.6. The quantitative estimate of drug-likeness (QED) is 0.272. The Morgan fingerprint density at radius 2 is 1.79 bits per heavy atom. The van der Waals surface area contributed by atoms with E-state index in [0.29, 0.717) is 4.68 Å². The molecule has 1 aromatic heterocycles. The highest BCUT2D eigenvalue weighted by molar-refractivity contribution is 5.63. The lowest BCUT2D eigenvalue weighted by molar-refractivity contribution is -0.424. The van der Waals surface area contributed by atoms with Crippen LogP contribution >= 0.6 is 0 Å². The summed E-state index contributed by atoms with van der Waals surface area (Å²) in [6.45, 7) is 0. The fourth-order valence-electron chi connectivity index (χ4n) is 1.11. The van der Waals surface area contributed by atoms with Crippen LogP contribution in [0.3, 0.4) is 0 Å². The van der Waals surface area contributed by atoms with Crippen molar-refractivity contribution in [1.29, 1.82) is 0 Å². The Morgan fingerprint density at radius 1 is 1.26 bits per heavy atom. The molecular weight excluding hydrogens is 266 g/mol. The largest absolute Gasteiger partial charge is 0.470 e. The zero-order valence-corrected chi connectivity index (χ0v) is 8.76. The lowest BCUT2D eigenvalue weighted by Gasteiger charge is -2.00. The van der Waals surface area contributed by atoms with Gasteiger partial charge in [0.15, 0.2) is 0 Å². The van der Waals surface area contributed by atoms with E-state index in [2.05, 4.69) is 25.2 Å². The SMILES string of the molecule is [N-]=[N+]=NC(N=[N+]=[N-])n1nc([N+](=O)[O-])c([N+](=O)[O-])c1N. The topological polar surface area (TPSA) is 228 Å². The Labute approximate surface area is 101 Å². The van der Waals surface area contributed by atoms with E-state index in [1.54, 1.807) is 0 Å². The summed E-state index contributed by atoms with van der Waals surface area (Å²) in [5.41, 5.74) is 20.7. The average molecular weight is 269 g/mol. The third-order valence-electron chi connectivity index (χ3n) is 1.79. The smallest absolute Gasteiger partial charge is 0.376 e. The molecule has 0 radical (unpaired) electrons. The van der Waals surface area contributed by atoms with Crippen molar-refractivity contribution in [3.63, 3.8) is 0 Å². The summed E-state index contributed by atoms with van der Waals surface area (Å²) in [4.78, 5) is 23.6. The number of aromatic nitrogens is 2. The van der Waals surface area contributed by atoms with Gasteiger partial charge in [-0.1, -0.05) is 10.2 Å². The Hall–Kier alpha value is -3.57. The van der Waals surface area contributed by atoms with Gasteiger partial charge < -0.3 is 15.8 Å². The Kier molecular flexibility index (Phi) is 3.67. The maximum atomic E-state index is 10.7. The molecule has 1 aromatic rings. The lowest BCUT2D eigenvalue weighted by atomic mass is 10.5. The van der Waals surface area contributed by atoms with Gasteiger partial charge >= 0.3 is 11.5 Å². The van der Waals surface area contributed by atoms with Gasteiger partial charge in [0.2, 0.25) is 12.1 Å². The molecule has 0 unspecified atom stereocenters. The van der Waals surface area contributed by atoms with Crippen LogP contribution in [0.25, 0.3) is 20.9 Å². The number of nitrogens with two attached hydrogens (primary N) is 1. The minimum absolute atomic E-state index is 0.385. The molecular formula is C4H3N11O4. The van der Waals surface area contributed by atoms with Crippen LogP contribution in [-0.2, 0) is 0 Å². The normalized spacial score (nSPS) is 10.9. The van der Waals surface area contributed by atoms with Crippen molar-refractivity contribution in [2.24, 2.45) is 10.2 Å². The first-order chi connectivity index (χ1) is 8.93. The number of hydrogen-bond donors (Lipinski definition) is 1. The van der Waals surface area contributed by atoms with Crippen molar-refractivity contribution >= 4 is 17.3 Å². The third kappa shape index (κ3) is 2.41. The second-order valence-corrected chi connectivity index (χ2v) is 2.77. The van der Waals surface area contributed by atoms with Gasteiger partial charge in [0.1, 0.15) is 0 Å². The molecule has 98 valence electrons. The standard InChI is InChI=1S/C4H3N11O4/c5-2-1(14(16)17)3(15(18)19)10-13(2)4(8-11-6)9-12-7/h4H,5H2. The third-order valence-corrected chi connectivity index (χ3v) is 1.79. The van der Waals surface area contributed by atoms with Crippen LogP contribution in [0.1, 0.15) is 6.29 Å². The molecule has 0 bridgehead atoms. The minimum Gasteiger partial charge on any atom is -0.376 e. The number of hydrogen-bond acceptors (Lipinski definition) is 8. The molecule has 0 spiro atoms. The molecule has 0 atom stereocenters. The van der Waals surface area contributed by atoms with Gasteiger partial charge in [0.25, 0.3) is 0 Å². The van der Waals surface area contributed by atoms with Crippen molar-refractivity contribution in [3.8, 4) is 0 Å². The Bertz CT molecular complexity index is 615. The molecule has 0 aliphatic heterocycles. The van der Waals surface area contributed by atoms with E-state index in [4.69, 9.17) is 16.8 Å². The van der Waals surface area contributed by atoms with E-state index < -0.39 is 33.5 Å². The van der Waals surface area contributed by atoms with Crippen LogP contribution in [0.4, 0.5) is 17.3 Å². The molecule has 1 heterocycles. The first-order valence-corrected chi connectivity index (χ1v) is 4.19. The number of anilines is 1. The summed E-state index contributed by atoms with van der Waals surface area (Å²) in [7, 11) is 0. The maximum Gasteiger partial charge on any atom is 0.470 e. The zero-order chi connectivity index (χ0) is 14.6. The highest BCUT2D eigenvalue weighted by Gasteiger charge is 2.38. The van der Waals surface area contributed by atoms with Gasteiger partial charge in [-0.25, -0.2) is 0 Å². The Balaban J connectivity index is 3.57. The van der Waals surface area contributed by atoms with Crippen LogP contribution in [0, 0.1) is 20.2 Å². The van der Waals surface area contributed by atoms with E-state index in [1.807, 2.05) is 0 Å². The molecule has 19 heavy (non-hydrogen) atoms. The van der Waals surface area contributed by atoms with Crippen molar-refractivity contribution < 1.29 is 9.85 Å². The molecule has 0 saturated carbocycles. The molecule has 0 aliphatic rings. The molecule has 1 rings (SSSR count). The van der Waals surface area contributed by atoms with Crippen LogP contribution < -0.4 is 5.73 Å². The van der Waals surface area contributed by atoms with Crippen molar-refractivity contribution in [1.82, 2.24) is 9.78 Å². The number of nitro groups is 2. The predicted molar refractivity (Wildman–Crippen MR) is 57.3 cm³/mol. The van der Waals surface area contributed by atoms with E-state index in [0.717, 1.165) is 0 Å². The van der Waals surface area contributed by atoms with Gasteiger partial charge in [0.05, 0.1) is 10.0 Å². The van der Waals surface area contributed by atoms with Crippen molar-refractivity contribution in [3.05, 3.63) is 41.1 Å². The number of azide groups is 1. The van der Waals surface area contributed by atoms with E-state index in [1.165, 1.54) is 0 Å². The summed E-state index contributed by atoms with van der Waals surface area (Å²) in [5, 5.41) is 30.3. The second-order valence-electron chi connectivity index (χ2n) is 2.77. The molecule has 0 fully saturated rings. The first-order valence-electron chi connectivity index (χ1n) is 4.19. The Morgan fingerprint density at radius 3 is 2.11 bits per heavy atom. The number of nitrogen functional groups attached to an aromatic ring is 1. The average Bonchev–Trinajstić information content (AvgIpc) is 2.67. The van der Waals surface area contributed by atoms with E-state index >= 15 is 0 Å². The van der Waals surface area contributed by atoms with Gasteiger partial charge in [-0.3, -0.25) is 10.1 Å². The summed E-state index contributed by atoms with van der Waals surface area (Å²) in [6, 6.07) is 0. The predicted octanol–water partition coefficient (Wildman–Crippen LogP) is 1.36. The number of rotatable bonds is 5. The molecule has 15 nitrogen and oxygen atoms in total. The fourth-order valence-corrected chi connectivity index (χ4v) is 1.11. The van der Waals surface area contributed by atoms with Crippen LogP contribution in [0.2, 0.25) is 0 Å². The maximum absolute atomic E-state index is 10.7. The second kappa shape index (κ2) is 5.17. The lowest BCUT2D eigenvalue weighted by Crippen LogP contribution is -2.09. The highest BCUT2D eigenvalue weighted by Crippen LogP contribution is 2.34. The first kappa shape index (κ1) is 13.5. The summed E-state index contributed by atoms with van der Waals surface area (Å²) in [5.74, 6) is -1.93. The van der Waals surface area contributed by atoms with Gasteiger partial charge in [0, 0.05) is 9.82 Å². The molecule has 0 aromatic carbocycles. The van der Waals surface area contributed by atoms with Crippen LogP contribution in [0.5, 0.6) is 0 Å². The van der Waals surface area contributed by atoms with Gasteiger partial charge in [-0.05, 0) is 16.0 Å². The van der Waals surface area contributed by atoms with E-state index in [-0.39, 0.29) is 0 Å². The van der Waals surface area contributed by atoms with Gasteiger partial charge in [-0.15, -0.1) is 4.68 Å². The van der Waals surface area contributed by atoms with Crippen LogP contribution in [0.15, 0.2) is 10.2 Å². The van der Waals surface area contributed by atoms with Crippen molar-refractivity contribution in [2.75, 3.05) is 5.73 Å². The van der Waals surface area contributed by atoms with Crippen LogP contribution in [-0.4, -0.2) is 19.6 Å². The molecule has 0 saturated heterocycles. The monoisotopic (exact) mass is 269 g/mol. The van der Waals surface area contributed by atoms with E-state index in [9.17, 15) is 20.2 Å². The minimum atomic E-state index is -1.73. The fraction of sp³-hybridized carbons (Fsp3) is 0.250. The zero-order valence-electron chi connectivity index (χ0n) is 8.76. The summed E-state index contributed by atoms with van der Waals surface area (Å²) >= 11 is 0. The van der Waals surface area contributed by atoms with Gasteiger partial charge in [-0.2, -0.15) is 0 Å². The summed E-state index contributed by atoms with van der Waals surface area (Å²) < 4.78 is 0.385. The molecule has 2 N–H and O–H groups in total. The number of nitrogens with zero attached hydrogens (tertiary/aromatic N) is 10. The summed E-state index contributed by atoms with van der Waals surface area (Å²) in [6.07, 6.45) is -1.73. The molecule has 15 heteroatoms.